The first kappa shape index (κ1) is 17.5. The van der Waals surface area contributed by atoms with Crippen LogP contribution in [0.3, 0.4) is 0 Å². The molecule has 1 heterocycles. The van der Waals surface area contributed by atoms with Gasteiger partial charge in [0.2, 0.25) is 5.91 Å². The van der Waals surface area contributed by atoms with Crippen LogP contribution < -0.4 is 0 Å². The van der Waals surface area contributed by atoms with Gasteiger partial charge < -0.3 is 4.90 Å². The molecular formula is C22H19NO3S. The van der Waals surface area contributed by atoms with E-state index in [2.05, 4.69) is 0 Å². The van der Waals surface area contributed by atoms with Crippen LogP contribution in [0.5, 0.6) is 0 Å². The van der Waals surface area contributed by atoms with Crippen molar-refractivity contribution in [3.63, 3.8) is 0 Å². The molecule has 1 aliphatic rings. The Bertz CT molecular complexity index is 1030. The lowest BCUT2D eigenvalue weighted by Crippen LogP contribution is -2.61. The number of carbonyl (C=O) groups is 1. The lowest BCUT2D eigenvalue weighted by atomic mass is 9.92. The highest BCUT2D eigenvalue weighted by Gasteiger charge is 2.55. The fourth-order valence-corrected chi connectivity index (χ4v) is 5.41. The largest absolute Gasteiger partial charge is 0.328 e. The van der Waals surface area contributed by atoms with E-state index >= 15 is 0 Å². The summed E-state index contributed by atoms with van der Waals surface area (Å²) >= 11 is 0. The summed E-state index contributed by atoms with van der Waals surface area (Å²) in [5, 5.41) is -1.09. The molecule has 27 heavy (non-hydrogen) atoms. The van der Waals surface area contributed by atoms with Gasteiger partial charge in [-0.25, -0.2) is 8.42 Å². The fraction of sp³-hybridized carbons (Fsp3) is 0.136. The standard InChI is InChI=1S/C22H19NO3S/c24-22-21(27(25,26)19-14-8-3-9-15-19)20(18-12-6-2-7-13-18)23(22)16-17-10-4-1-5-11-17/h1-15,20-21H,16H2/t20-,21-/m1/s1. The number of hydrogen-bond acceptors (Lipinski definition) is 3. The summed E-state index contributed by atoms with van der Waals surface area (Å²) in [6.45, 7) is 0.389. The van der Waals surface area contributed by atoms with Crippen LogP contribution in [-0.4, -0.2) is 24.5 Å². The van der Waals surface area contributed by atoms with E-state index in [1.165, 1.54) is 0 Å². The van der Waals surface area contributed by atoms with Crippen molar-refractivity contribution in [3.05, 3.63) is 102 Å². The van der Waals surface area contributed by atoms with Crippen LogP contribution in [-0.2, 0) is 21.2 Å². The van der Waals surface area contributed by atoms with E-state index in [1.54, 1.807) is 35.2 Å². The quantitative estimate of drug-likeness (QED) is 0.638. The molecule has 1 fully saturated rings. The van der Waals surface area contributed by atoms with Crippen molar-refractivity contribution < 1.29 is 13.2 Å². The zero-order valence-corrected chi connectivity index (χ0v) is 15.4. The summed E-state index contributed by atoms with van der Waals surface area (Å²) in [7, 11) is -3.77. The Kier molecular flexibility index (Phi) is 4.54. The van der Waals surface area contributed by atoms with Gasteiger partial charge in [0, 0.05) is 6.54 Å². The van der Waals surface area contributed by atoms with E-state index in [0.29, 0.717) is 6.54 Å². The fourth-order valence-electron chi connectivity index (χ4n) is 3.54. The van der Waals surface area contributed by atoms with Crippen molar-refractivity contribution in [1.82, 2.24) is 4.90 Å². The summed E-state index contributed by atoms with van der Waals surface area (Å²) in [5.74, 6) is -0.350. The molecule has 5 heteroatoms. The van der Waals surface area contributed by atoms with Crippen molar-refractivity contribution in [2.24, 2.45) is 0 Å². The minimum atomic E-state index is -3.77. The third kappa shape index (κ3) is 3.15. The molecular weight excluding hydrogens is 358 g/mol. The lowest BCUT2D eigenvalue weighted by molar-refractivity contribution is -0.146. The number of hydrogen-bond donors (Lipinski definition) is 0. The molecule has 3 aromatic rings. The molecule has 136 valence electrons. The summed E-state index contributed by atoms with van der Waals surface area (Å²) in [6.07, 6.45) is 0. The third-order valence-electron chi connectivity index (χ3n) is 4.89. The Morgan fingerprint density at radius 1 is 0.741 bits per heavy atom. The molecule has 2 atom stereocenters. The maximum Gasteiger partial charge on any atom is 0.244 e. The first-order valence-corrected chi connectivity index (χ1v) is 10.3. The van der Waals surface area contributed by atoms with Gasteiger partial charge in [0.1, 0.15) is 0 Å². The molecule has 1 aliphatic heterocycles. The summed E-state index contributed by atoms with van der Waals surface area (Å²) in [4.78, 5) is 14.7. The second-order valence-electron chi connectivity index (χ2n) is 6.59. The van der Waals surface area contributed by atoms with E-state index in [0.717, 1.165) is 11.1 Å². The van der Waals surface area contributed by atoms with E-state index < -0.39 is 21.1 Å². The number of benzene rings is 3. The minimum Gasteiger partial charge on any atom is -0.328 e. The van der Waals surface area contributed by atoms with E-state index in [4.69, 9.17) is 0 Å². The Morgan fingerprint density at radius 3 is 1.85 bits per heavy atom. The number of sulfone groups is 1. The molecule has 0 spiro atoms. The van der Waals surface area contributed by atoms with Gasteiger partial charge in [-0.2, -0.15) is 0 Å². The smallest absolute Gasteiger partial charge is 0.244 e. The molecule has 4 nitrogen and oxygen atoms in total. The predicted molar refractivity (Wildman–Crippen MR) is 104 cm³/mol. The van der Waals surface area contributed by atoms with Crippen molar-refractivity contribution in [2.75, 3.05) is 0 Å². The number of rotatable bonds is 5. The van der Waals surface area contributed by atoms with Crippen LogP contribution >= 0.6 is 0 Å². The first-order chi connectivity index (χ1) is 13.1. The van der Waals surface area contributed by atoms with Crippen molar-refractivity contribution in [2.45, 2.75) is 22.7 Å². The minimum absolute atomic E-state index is 0.184. The van der Waals surface area contributed by atoms with Crippen molar-refractivity contribution in [3.8, 4) is 0 Å². The van der Waals surface area contributed by atoms with Gasteiger partial charge in [-0.15, -0.1) is 0 Å². The summed E-state index contributed by atoms with van der Waals surface area (Å²) in [6, 6.07) is 26.7. The van der Waals surface area contributed by atoms with Crippen LogP contribution in [0.4, 0.5) is 0 Å². The van der Waals surface area contributed by atoms with Gasteiger partial charge in [0.05, 0.1) is 10.9 Å². The first-order valence-electron chi connectivity index (χ1n) is 8.77. The van der Waals surface area contributed by atoms with Gasteiger partial charge in [0.25, 0.3) is 0 Å². The van der Waals surface area contributed by atoms with E-state index in [-0.39, 0.29) is 10.8 Å². The average molecular weight is 377 g/mol. The molecule has 3 aromatic carbocycles. The highest BCUT2D eigenvalue weighted by Crippen LogP contribution is 2.42. The van der Waals surface area contributed by atoms with Crippen LogP contribution in [0.15, 0.2) is 95.9 Å². The zero-order valence-electron chi connectivity index (χ0n) is 14.6. The molecule has 1 amide bonds. The van der Waals surface area contributed by atoms with Crippen molar-refractivity contribution in [1.29, 1.82) is 0 Å². The molecule has 0 saturated carbocycles. The molecule has 1 saturated heterocycles. The normalized spacial score (nSPS) is 19.6. The molecule has 0 radical (unpaired) electrons. The van der Waals surface area contributed by atoms with Gasteiger partial charge in [0.15, 0.2) is 15.1 Å². The monoisotopic (exact) mass is 377 g/mol. The second kappa shape index (κ2) is 7.00. The second-order valence-corrected chi connectivity index (χ2v) is 8.66. The third-order valence-corrected chi connectivity index (χ3v) is 6.95. The topological polar surface area (TPSA) is 54.5 Å². The van der Waals surface area contributed by atoms with Crippen molar-refractivity contribution >= 4 is 15.7 Å². The highest BCUT2D eigenvalue weighted by atomic mass is 32.2. The molecule has 0 aromatic heterocycles. The van der Waals surface area contributed by atoms with Gasteiger partial charge in [-0.05, 0) is 23.3 Å². The van der Waals surface area contributed by atoms with Crippen LogP contribution in [0, 0.1) is 0 Å². The van der Waals surface area contributed by atoms with Gasteiger partial charge >= 0.3 is 0 Å². The zero-order chi connectivity index (χ0) is 18.9. The van der Waals surface area contributed by atoms with Crippen LogP contribution in [0.2, 0.25) is 0 Å². The average Bonchev–Trinajstić information content (AvgIpc) is 2.72. The molecule has 0 N–H and O–H groups in total. The number of carbonyl (C=O) groups excluding carboxylic acids is 1. The van der Waals surface area contributed by atoms with Gasteiger partial charge in [-0.3, -0.25) is 4.79 Å². The number of β-lactam (4-membered cyclic amide) rings is 1. The maximum atomic E-state index is 13.2. The Hall–Kier alpha value is -2.92. The molecule has 4 rings (SSSR count). The molecule has 0 unspecified atom stereocenters. The van der Waals surface area contributed by atoms with E-state index in [9.17, 15) is 13.2 Å². The summed E-state index contributed by atoms with van der Waals surface area (Å²) < 4.78 is 26.3. The highest BCUT2D eigenvalue weighted by molar-refractivity contribution is 7.93. The Morgan fingerprint density at radius 2 is 1.26 bits per heavy atom. The maximum absolute atomic E-state index is 13.2. The Labute approximate surface area is 159 Å². The number of likely N-dealkylation sites (tertiary alicyclic amines) is 1. The van der Waals surface area contributed by atoms with E-state index in [1.807, 2.05) is 60.7 Å². The van der Waals surface area contributed by atoms with Crippen LogP contribution in [0.25, 0.3) is 0 Å². The molecule has 0 aliphatic carbocycles. The number of nitrogens with zero attached hydrogens (tertiary/aromatic N) is 1. The SMILES string of the molecule is O=C1[C@H](S(=O)(=O)c2ccccc2)[C@@H](c2ccccc2)N1Cc1ccccc1. The van der Waals surface area contributed by atoms with Crippen LogP contribution in [0.1, 0.15) is 17.2 Å². The summed E-state index contributed by atoms with van der Waals surface area (Å²) in [5.41, 5.74) is 1.81. The predicted octanol–water partition coefficient (Wildman–Crippen LogP) is 3.61. The lowest BCUT2D eigenvalue weighted by Gasteiger charge is -2.46. The Balaban J connectivity index is 1.72. The molecule has 0 bridgehead atoms. The number of amides is 1. The van der Waals surface area contributed by atoms with Gasteiger partial charge in [-0.1, -0.05) is 78.9 Å².